The van der Waals surface area contributed by atoms with Gasteiger partial charge in [0.2, 0.25) is 5.95 Å². The van der Waals surface area contributed by atoms with Gasteiger partial charge in [-0.05, 0) is 42.7 Å². The van der Waals surface area contributed by atoms with Crippen LogP contribution < -0.4 is 15.0 Å². The van der Waals surface area contributed by atoms with Crippen LogP contribution in [0.5, 0.6) is 5.75 Å². The van der Waals surface area contributed by atoms with Crippen molar-refractivity contribution in [3.8, 4) is 5.75 Å². The number of carbonyl (C=O) groups is 1. The highest BCUT2D eigenvalue weighted by atomic mass is 35.5. The van der Waals surface area contributed by atoms with Gasteiger partial charge >= 0.3 is 0 Å². The summed E-state index contributed by atoms with van der Waals surface area (Å²) >= 11 is 6.10. The molecular formula is C21H19ClN4O2. The Morgan fingerprint density at radius 1 is 1.18 bits per heavy atom. The summed E-state index contributed by atoms with van der Waals surface area (Å²) in [5, 5.41) is 3.22. The van der Waals surface area contributed by atoms with Crippen molar-refractivity contribution in [2.45, 2.75) is 12.8 Å². The Balaban J connectivity index is 1.51. The lowest BCUT2D eigenvalue weighted by molar-refractivity contribution is 0.102. The van der Waals surface area contributed by atoms with E-state index in [2.05, 4.69) is 32.3 Å². The number of anilines is 3. The van der Waals surface area contributed by atoms with Gasteiger partial charge in [0.1, 0.15) is 5.75 Å². The van der Waals surface area contributed by atoms with Crippen LogP contribution in [0.25, 0.3) is 0 Å². The summed E-state index contributed by atoms with van der Waals surface area (Å²) in [6, 6.07) is 13.3. The van der Waals surface area contributed by atoms with E-state index in [0.717, 1.165) is 25.1 Å². The van der Waals surface area contributed by atoms with Gasteiger partial charge < -0.3 is 15.0 Å². The fraction of sp³-hybridized carbons (Fsp3) is 0.190. The predicted octanol–water partition coefficient (Wildman–Crippen LogP) is 4.48. The quantitative estimate of drug-likeness (QED) is 0.706. The van der Waals surface area contributed by atoms with Crippen molar-refractivity contribution in [1.82, 2.24) is 9.97 Å². The summed E-state index contributed by atoms with van der Waals surface area (Å²) in [5.74, 6) is 0.845. The number of benzene rings is 2. The number of para-hydroxylation sites is 1. The number of aromatic nitrogens is 2. The maximum absolute atomic E-state index is 12.5. The zero-order valence-electron chi connectivity index (χ0n) is 15.4. The number of methoxy groups -OCH3 is 1. The van der Waals surface area contributed by atoms with Gasteiger partial charge in [-0.3, -0.25) is 4.79 Å². The van der Waals surface area contributed by atoms with Crippen LogP contribution in [0.1, 0.15) is 22.3 Å². The molecule has 1 aromatic heterocycles. The maximum Gasteiger partial charge on any atom is 0.258 e. The summed E-state index contributed by atoms with van der Waals surface area (Å²) in [6.07, 6.45) is 5.18. The molecule has 3 aromatic rings. The molecule has 28 heavy (non-hydrogen) atoms. The minimum Gasteiger partial charge on any atom is -0.495 e. The van der Waals surface area contributed by atoms with Crippen molar-refractivity contribution < 1.29 is 9.53 Å². The molecule has 1 amide bonds. The minimum absolute atomic E-state index is 0.299. The Kier molecular flexibility index (Phi) is 5.12. The molecule has 0 atom stereocenters. The van der Waals surface area contributed by atoms with Gasteiger partial charge in [0.15, 0.2) is 0 Å². The van der Waals surface area contributed by atoms with Gasteiger partial charge in [-0.25, -0.2) is 9.97 Å². The number of nitrogens with one attached hydrogen (secondary N) is 1. The molecule has 1 aliphatic rings. The second-order valence-electron chi connectivity index (χ2n) is 6.46. The van der Waals surface area contributed by atoms with Crippen molar-refractivity contribution in [2.24, 2.45) is 0 Å². The first-order valence-corrected chi connectivity index (χ1v) is 9.36. The Labute approximate surface area is 168 Å². The molecule has 0 radical (unpaired) electrons. The van der Waals surface area contributed by atoms with Gasteiger partial charge in [0.25, 0.3) is 5.91 Å². The van der Waals surface area contributed by atoms with E-state index in [9.17, 15) is 4.79 Å². The fourth-order valence-electron chi connectivity index (χ4n) is 3.27. The van der Waals surface area contributed by atoms with Crippen molar-refractivity contribution in [1.29, 1.82) is 0 Å². The predicted molar refractivity (Wildman–Crippen MR) is 110 cm³/mol. The van der Waals surface area contributed by atoms with Crippen LogP contribution in [0, 0.1) is 0 Å². The van der Waals surface area contributed by atoms with Crippen LogP contribution in [-0.2, 0) is 6.42 Å². The second-order valence-corrected chi connectivity index (χ2v) is 6.87. The molecule has 1 aliphatic heterocycles. The van der Waals surface area contributed by atoms with Gasteiger partial charge in [0, 0.05) is 30.3 Å². The maximum atomic E-state index is 12.5. The fourth-order valence-corrected chi connectivity index (χ4v) is 3.52. The number of halogens is 1. The lowest BCUT2D eigenvalue weighted by atomic mass is 10.0. The zero-order valence-corrected chi connectivity index (χ0v) is 16.1. The number of fused-ring (bicyclic) bond motifs is 1. The zero-order chi connectivity index (χ0) is 19.5. The molecule has 6 nitrogen and oxygen atoms in total. The smallest absolute Gasteiger partial charge is 0.258 e. The highest BCUT2D eigenvalue weighted by Gasteiger charge is 2.20. The number of hydrogen-bond donors (Lipinski definition) is 1. The van der Waals surface area contributed by atoms with Gasteiger partial charge in [-0.2, -0.15) is 0 Å². The van der Waals surface area contributed by atoms with Crippen LogP contribution in [0.2, 0.25) is 5.02 Å². The van der Waals surface area contributed by atoms with Gasteiger partial charge in [0.05, 0.1) is 17.7 Å². The summed E-state index contributed by atoms with van der Waals surface area (Å²) in [4.78, 5) is 23.4. The lowest BCUT2D eigenvalue weighted by Gasteiger charge is -2.29. The van der Waals surface area contributed by atoms with E-state index in [1.165, 1.54) is 5.56 Å². The largest absolute Gasteiger partial charge is 0.495 e. The second kappa shape index (κ2) is 7.86. The van der Waals surface area contributed by atoms with Crippen molar-refractivity contribution in [3.05, 3.63) is 71.0 Å². The average Bonchev–Trinajstić information content (AvgIpc) is 2.73. The summed E-state index contributed by atoms with van der Waals surface area (Å²) in [7, 11) is 1.54. The van der Waals surface area contributed by atoms with Crippen LogP contribution >= 0.6 is 11.6 Å². The van der Waals surface area contributed by atoms with E-state index in [0.29, 0.717) is 28.0 Å². The molecule has 7 heteroatoms. The van der Waals surface area contributed by atoms with Crippen molar-refractivity contribution in [3.63, 3.8) is 0 Å². The molecule has 0 fully saturated rings. The third-order valence-electron chi connectivity index (χ3n) is 4.66. The van der Waals surface area contributed by atoms with E-state index in [4.69, 9.17) is 16.3 Å². The van der Waals surface area contributed by atoms with E-state index in [-0.39, 0.29) is 5.91 Å². The SMILES string of the molecule is COc1ccc(NC(=O)c2cnc(N3CCCc4ccccc43)nc2)cc1Cl. The van der Waals surface area contributed by atoms with Crippen molar-refractivity contribution in [2.75, 3.05) is 23.9 Å². The van der Waals surface area contributed by atoms with Crippen molar-refractivity contribution >= 4 is 34.8 Å². The summed E-state index contributed by atoms with van der Waals surface area (Å²) < 4.78 is 5.12. The molecule has 0 bridgehead atoms. The number of ether oxygens (including phenoxy) is 1. The van der Waals surface area contributed by atoms with Crippen LogP contribution in [0.15, 0.2) is 54.9 Å². The lowest BCUT2D eigenvalue weighted by Crippen LogP contribution is -2.26. The number of aryl methyl sites for hydroxylation is 1. The molecule has 1 N–H and O–H groups in total. The highest BCUT2D eigenvalue weighted by molar-refractivity contribution is 6.32. The Morgan fingerprint density at radius 2 is 1.96 bits per heavy atom. The Morgan fingerprint density at radius 3 is 2.71 bits per heavy atom. The average molecular weight is 395 g/mol. The first kappa shape index (κ1) is 18.3. The summed E-state index contributed by atoms with van der Waals surface area (Å²) in [6.45, 7) is 0.854. The highest BCUT2D eigenvalue weighted by Crippen LogP contribution is 2.31. The van der Waals surface area contributed by atoms with E-state index < -0.39 is 0 Å². The number of rotatable bonds is 4. The standard InChI is InChI=1S/C21H19ClN4O2/c1-28-19-9-8-16(11-17(19)22)25-20(27)15-12-23-21(24-13-15)26-10-4-6-14-5-2-3-7-18(14)26/h2-3,5,7-9,11-13H,4,6,10H2,1H3,(H,25,27). The molecule has 0 saturated carbocycles. The van der Waals surface area contributed by atoms with Gasteiger partial charge in [-0.1, -0.05) is 29.8 Å². The number of amides is 1. The molecule has 2 heterocycles. The van der Waals surface area contributed by atoms with E-state index >= 15 is 0 Å². The Bertz CT molecular complexity index is 1010. The summed E-state index contributed by atoms with van der Waals surface area (Å²) in [5.41, 5.74) is 3.36. The number of carbonyl (C=O) groups excluding carboxylic acids is 1. The topological polar surface area (TPSA) is 67.3 Å². The monoisotopic (exact) mass is 394 g/mol. The molecule has 2 aromatic carbocycles. The first-order valence-electron chi connectivity index (χ1n) is 8.98. The molecule has 0 unspecified atom stereocenters. The third-order valence-corrected chi connectivity index (χ3v) is 4.96. The number of nitrogens with zero attached hydrogens (tertiary/aromatic N) is 3. The Hall–Kier alpha value is -3.12. The number of hydrogen-bond acceptors (Lipinski definition) is 5. The van der Waals surface area contributed by atoms with Gasteiger partial charge in [-0.15, -0.1) is 0 Å². The third kappa shape index (κ3) is 3.64. The van der Waals surface area contributed by atoms with Crippen LogP contribution in [0.3, 0.4) is 0 Å². The van der Waals surface area contributed by atoms with E-state index in [1.54, 1.807) is 37.7 Å². The van der Waals surface area contributed by atoms with Crippen LogP contribution in [-0.4, -0.2) is 29.5 Å². The molecular weight excluding hydrogens is 376 g/mol. The molecule has 0 spiro atoms. The molecule has 0 saturated heterocycles. The van der Waals surface area contributed by atoms with Crippen LogP contribution in [0.4, 0.5) is 17.3 Å². The molecule has 4 rings (SSSR count). The van der Waals surface area contributed by atoms with E-state index in [1.807, 2.05) is 12.1 Å². The first-order chi connectivity index (χ1) is 13.7. The normalized spacial score (nSPS) is 13.0. The molecule has 0 aliphatic carbocycles. The minimum atomic E-state index is -0.299. The molecule has 142 valence electrons.